The Kier molecular flexibility index (Phi) is 4.93. The SMILES string of the molecule is CC(C)COCCCNC(=O)C1(C(=O)O)CC1. The lowest BCUT2D eigenvalue weighted by molar-refractivity contribution is -0.149. The fraction of sp³-hybridized carbons (Fsp3) is 0.833. The highest BCUT2D eigenvalue weighted by Gasteiger charge is 2.56. The average Bonchev–Trinajstić information content (AvgIpc) is 3.03. The lowest BCUT2D eigenvalue weighted by Gasteiger charge is -2.11. The van der Waals surface area contributed by atoms with Gasteiger partial charge in [-0.25, -0.2) is 0 Å². The third kappa shape index (κ3) is 4.00. The Labute approximate surface area is 102 Å². The minimum Gasteiger partial charge on any atom is -0.480 e. The van der Waals surface area contributed by atoms with E-state index in [0.717, 1.165) is 0 Å². The van der Waals surface area contributed by atoms with E-state index in [1.165, 1.54) is 0 Å². The quantitative estimate of drug-likeness (QED) is 0.493. The molecule has 1 amide bonds. The van der Waals surface area contributed by atoms with Crippen molar-refractivity contribution < 1.29 is 19.4 Å². The van der Waals surface area contributed by atoms with Crippen molar-refractivity contribution in [3.63, 3.8) is 0 Å². The van der Waals surface area contributed by atoms with Crippen molar-refractivity contribution in [1.82, 2.24) is 5.32 Å². The van der Waals surface area contributed by atoms with E-state index in [9.17, 15) is 9.59 Å². The van der Waals surface area contributed by atoms with E-state index in [4.69, 9.17) is 9.84 Å². The summed E-state index contributed by atoms with van der Waals surface area (Å²) in [5.74, 6) is -0.855. The van der Waals surface area contributed by atoms with Crippen LogP contribution < -0.4 is 5.32 Å². The number of hydrogen-bond donors (Lipinski definition) is 2. The van der Waals surface area contributed by atoms with Gasteiger partial charge in [0.05, 0.1) is 0 Å². The number of nitrogens with one attached hydrogen (secondary N) is 1. The molecule has 17 heavy (non-hydrogen) atoms. The van der Waals surface area contributed by atoms with Gasteiger partial charge in [0.25, 0.3) is 0 Å². The minimum atomic E-state index is -1.13. The Morgan fingerprint density at radius 2 is 2.06 bits per heavy atom. The molecule has 5 nitrogen and oxygen atoms in total. The molecule has 1 fully saturated rings. The fourth-order valence-electron chi connectivity index (χ4n) is 1.53. The van der Waals surface area contributed by atoms with Gasteiger partial charge in [0.1, 0.15) is 5.41 Å². The summed E-state index contributed by atoms with van der Waals surface area (Å²) in [6.07, 6.45) is 1.63. The van der Waals surface area contributed by atoms with Gasteiger partial charge in [0.15, 0.2) is 0 Å². The van der Waals surface area contributed by atoms with Crippen molar-refractivity contribution in [3.8, 4) is 0 Å². The second kappa shape index (κ2) is 6.00. The van der Waals surface area contributed by atoms with Crippen molar-refractivity contribution in [2.24, 2.45) is 11.3 Å². The number of aliphatic carboxylic acids is 1. The summed E-state index contributed by atoms with van der Waals surface area (Å²) in [5, 5.41) is 11.5. The summed E-state index contributed by atoms with van der Waals surface area (Å²) in [7, 11) is 0. The lowest BCUT2D eigenvalue weighted by atomic mass is 10.1. The number of carboxylic acid groups (broad SMARTS) is 1. The Morgan fingerprint density at radius 1 is 1.41 bits per heavy atom. The Hall–Kier alpha value is -1.10. The van der Waals surface area contributed by atoms with Crippen molar-refractivity contribution in [2.45, 2.75) is 33.1 Å². The number of hydrogen-bond acceptors (Lipinski definition) is 3. The monoisotopic (exact) mass is 243 g/mol. The average molecular weight is 243 g/mol. The molecule has 1 saturated carbocycles. The second-order valence-electron chi connectivity index (χ2n) is 4.97. The summed E-state index contributed by atoms with van der Waals surface area (Å²) in [5.41, 5.74) is -1.13. The van der Waals surface area contributed by atoms with Crippen LogP contribution in [-0.2, 0) is 14.3 Å². The maximum atomic E-state index is 11.6. The summed E-state index contributed by atoms with van der Waals surface area (Å²) in [6.45, 7) is 5.94. The van der Waals surface area contributed by atoms with Crippen LogP contribution in [0.4, 0.5) is 0 Å². The molecular weight excluding hydrogens is 222 g/mol. The van der Waals surface area contributed by atoms with Crippen LogP contribution in [0.25, 0.3) is 0 Å². The number of amides is 1. The molecule has 1 aliphatic rings. The van der Waals surface area contributed by atoms with Crippen LogP contribution in [0.15, 0.2) is 0 Å². The van der Waals surface area contributed by atoms with Crippen LogP contribution in [0.3, 0.4) is 0 Å². The molecule has 0 unspecified atom stereocenters. The molecule has 0 spiro atoms. The van der Waals surface area contributed by atoms with Crippen LogP contribution in [0.1, 0.15) is 33.1 Å². The molecule has 98 valence electrons. The van der Waals surface area contributed by atoms with Crippen molar-refractivity contribution in [3.05, 3.63) is 0 Å². The highest BCUT2D eigenvalue weighted by molar-refractivity contribution is 6.04. The maximum absolute atomic E-state index is 11.6. The largest absolute Gasteiger partial charge is 0.480 e. The van der Waals surface area contributed by atoms with Gasteiger partial charge in [-0.05, 0) is 25.2 Å². The van der Waals surface area contributed by atoms with Crippen molar-refractivity contribution >= 4 is 11.9 Å². The lowest BCUT2D eigenvalue weighted by Crippen LogP contribution is -2.37. The molecule has 5 heteroatoms. The highest BCUT2D eigenvalue weighted by Crippen LogP contribution is 2.45. The van der Waals surface area contributed by atoms with Gasteiger partial charge in [-0.1, -0.05) is 13.8 Å². The van der Waals surface area contributed by atoms with E-state index >= 15 is 0 Å². The van der Waals surface area contributed by atoms with Crippen LogP contribution in [0.2, 0.25) is 0 Å². The first-order valence-electron chi connectivity index (χ1n) is 6.08. The van der Waals surface area contributed by atoms with Crippen molar-refractivity contribution in [1.29, 1.82) is 0 Å². The topological polar surface area (TPSA) is 75.6 Å². The van der Waals surface area contributed by atoms with Crippen LogP contribution in [0, 0.1) is 11.3 Å². The molecule has 0 aromatic rings. The molecule has 1 rings (SSSR count). The first-order valence-corrected chi connectivity index (χ1v) is 6.08. The molecule has 0 saturated heterocycles. The summed E-state index contributed by atoms with van der Waals surface area (Å²) >= 11 is 0. The van der Waals surface area contributed by atoms with E-state index in [0.29, 0.717) is 44.9 Å². The first-order chi connectivity index (χ1) is 7.99. The Balaban J connectivity index is 2.07. The summed E-state index contributed by atoms with van der Waals surface area (Å²) < 4.78 is 5.36. The van der Waals surface area contributed by atoms with Gasteiger partial charge in [0.2, 0.25) is 5.91 Å². The van der Waals surface area contributed by atoms with E-state index in [1.54, 1.807) is 0 Å². The van der Waals surface area contributed by atoms with E-state index in [-0.39, 0.29) is 5.91 Å². The van der Waals surface area contributed by atoms with Gasteiger partial charge in [-0.15, -0.1) is 0 Å². The number of carbonyl (C=O) groups excluding carboxylic acids is 1. The third-order valence-electron chi connectivity index (χ3n) is 2.80. The smallest absolute Gasteiger partial charge is 0.319 e. The molecule has 1 aliphatic carbocycles. The van der Waals surface area contributed by atoms with Crippen molar-refractivity contribution in [2.75, 3.05) is 19.8 Å². The van der Waals surface area contributed by atoms with Gasteiger partial charge < -0.3 is 15.2 Å². The van der Waals surface area contributed by atoms with Crippen LogP contribution in [-0.4, -0.2) is 36.7 Å². The molecule has 0 heterocycles. The normalized spacial score (nSPS) is 16.9. The Morgan fingerprint density at radius 3 is 2.53 bits per heavy atom. The number of carboxylic acids is 1. The standard InChI is InChI=1S/C12H21NO4/c1-9(2)8-17-7-3-6-13-10(14)12(4-5-12)11(15)16/h9H,3-8H2,1-2H3,(H,13,14)(H,15,16). The van der Waals surface area contributed by atoms with E-state index in [1.807, 2.05) is 0 Å². The van der Waals surface area contributed by atoms with Gasteiger partial charge in [-0.2, -0.15) is 0 Å². The summed E-state index contributed by atoms with van der Waals surface area (Å²) in [6, 6.07) is 0. The number of rotatable bonds is 8. The fourth-order valence-corrected chi connectivity index (χ4v) is 1.53. The number of carbonyl (C=O) groups is 2. The Bertz CT molecular complexity index is 284. The molecule has 0 atom stereocenters. The molecule has 0 bridgehead atoms. The molecule has 0 aromatic heterocycles. The predicted octanol–water partition coefficient (Wildman–Crippen LogP) is 1.03. The highest BCUT2D eigenvalue weighted by atomic mass is 16.5. The van der Waals surface area contributed by atoms with Crippen LogP contribution in [0.5, 0.6) is 0 Å². The molecule has 0 aliphatic heterocycles. The zero-order valence-electron chi connectivity index (χ0n) is 10.5. The minimum absolute atomic E-state index is 0.353. The van der Waals surface area contributed by atoms with Gasteiger partial charge >= 0.3 is 5.97 Å². The zero-order chi connectivity index (χ0) is 12.9. The van der Waals surface area contributed by atoms with Gasteiger partial charge in [0, 0.05) is 19.8 Å². The first kappa shape index (κ1) is 14.0. The molecular formula is C12H21NO4. The second-order valence-corrected chi connectivity index (χ2v) is 4.97. The van der Waals surface area contributed by atoms with E-state index in [2.05, 4.69) is 19.2 Å². The predicted molar refractivity (Wildman–Crippen MR) is 62.6 cm³/mol. The summed E-state index contributed by atoms with van der Waals surface area (Å²) in [4.78, 5) is 22.4. The van der Waals surface area contributed by atoms with Gasteiger partial charge in [-0.3, -0.25) is 9.59 Å². The number of ether oxygens (including phenoxy) is 1. The molecule has 2 N–H and O–H groups in total. The maximum Gasteiger partial charge on any atom is 0.319 e. The van der Waals surface area contributed by atoms with E-state index < -0.39 is 11.4 Å². The zero-order valence-corrected chi connectivity index (χ0v) is 10.5. The third-order valence-corrected chi connectivity index (χ3v) is 2.80. The molecule has 0 aromatic carbocycles. The van der Waals surface area contributed by atoms with Crippen LogP contribution >= 0.6 is 0 Å². The molecule has 0 radical (unpaired) electrons.